The van der Waals surface area contributed by atoms with Crippen LogP contribution < -0.4 is 10.2 Å². The normalized spacial score (nSPS) is 21.2. The van der Waals surface area contributed by atoms with E-state index in [2.05, 4.69) is 48.7 Å². The Morgan fingerprint density at radius 1 is 1.07 bits per heavy atom. The molecule has 5 heterocycles. The third-order valence-electron chi connectivity index (χ3n) is 7.96. The summed E-state index contributed by atoms with van der Waals surface area (Å²) in [6, 6.07) is 2.97. The van der Waals surface area contributed by atoms with Crippen LogP contribution in [0.15, 0.2) is 24.7 Å². The van der Waals surface area contributed by atoms with Gasteiger partial charge in [0, 0.05) is 72.4 Å². The number of piperidine rings is 1. The van der Waals surface area contributed by atoms with Gasteiger partial charge in [0.15, 0.2) is 5.65 Å². The summed E-state index contributed by atoms with van der Waals surface area (Å²) in [6.45, 7) is 14.8. The van der Waals surface area contributed by atoms with E-state index < -0.39 is 18.1 Å². The number of nitrogens with zero attached hydrogens (tertiary/aromatic N) is 8. The van der Waals surface area contributed by atoms with E-state index >= 15 is 0 Å². The first kappa shape index (κ1) is 30.8. The van der Waals surface area contributed by atoms with E-state index in [0.29, 0.717) is 37.3 Å². The fraction of sp³-hybridized carbons (Fsp3) is 0.643. The first-order valence-corrected chi connectivity index (χ1v) is 20.3. The van der Waals surface area contributed by atoms with E-state index in [4.69, 9.17) is 24.7 Å². The maximum absolute atomic E-state index is 12.4. The standard InChI is InChI=1S/C28H45N9O3SSi/c1-21-15-22(19-37(18-21)41(3,38)39)31-26-23(16-30-28(33-26)35-11-9-34(2)10-12-35)25-17-29-27-24(32-25)7-8-36(27)20-40-13-14-42(4,5)6/h7-8,16-17,21-22H,9-15,18-20H2,1-6H3,(H,30,31,33)/t21-,22-/m0/s1. The van der Waals surface area contributed by atoms with Crippen molar-refractivity contribution >= 4 is 41.0 Å². The van der Waals surface area contributed by atoms with Crippen molar-refractivity contribution in [1.29, 1.82) is 0 Å². The molecule has 0 amide bonds. The van der Waals surface area contributed by atoms with E-state index in [-0.39, 0.29) is 12.0 Å². The van der Waals surface area contributed by atoms with Crippen molar-refractivity contribution < 1.29 is 13.2 Å². The molecule has 12 nitrogen and oxygen atoms in total. The van der Waals surface area contributed by atoms with E-state index in [1.54, 1.807) is 10.5 Å². The Morgan fingerprint density at radius 3 is 2.55 bits per heavy atom. The Hall–Kier alpha value is -2.65. The molecule has 2 saturated heterocycles. The van der Waals surface area contributed by atoms with Gasteiger partial charge in [0.05, 0.1) is 23.7 Å². The number of anilines is 2. The molecule has 2 aliphatic rings. The molecule has 0 radical (unpaired) electrons. The van der Waals surface area contributed by atoms with Gasteiger partial charge in [0.25, 0.3) is 0 Å². The number of piperazine rings is 1. The zero-order valence-corrected chi connectivity index (χ0v) is 27.6. The monoisotopic (exact) mass is 615 g/mol. The highest BCUT2D eigenvalue weighted by Gasteiger charge is 2.31. The van der Waals surface area contributed by atoms with Crippen LogP contribution in [0.5, 0.6) is 0 Å². The molecule has 0 spiro atoms. The fourth-order valence-electron chi connectivity index (χ4n) is 5.44. The van der Waals surface area contributed by atoms with Gasteiger partial charge in [-0.25, -0.2) is 23.4 Å². The number of hydrogen-bond donors (Lipinski definition) is 1. The third-order valence-corrected chi connectivity index (χ3v) is 10.9. The number of rotatable bonds is 10. The van der Waals surface area contributed by atoms with Crippen LogP contribution in [0.2, 0.25) is 25.7 Å². The molecule has 230 valence electrons. The summed E-state index contributed by atoms with van der Waals surface area (Å²) >= 11 is 0. The van der Waals surface area contributed by atoms with Crippen LogP contribution >= 0.6 is 0 Å². The quantitative estimate of drug-likeness (QED) is 0.269. The van der Waals surface area contributed by atoms with Crippen LogP contribution in [0.25, 0.3) is 22.4 Å². The zero-order chi connectivity index (χ0) is 30.1. The molecule has 0 aromatic carbocycles. The molecule has 14 heteroatoms. The number of hydrogen-bond acceptors (Lipinski definition) is 10. The van der Waals surface area contributed by atoms with Crippen LogP contribution in [-0.2, 0) is 21.5 Å². The summed E-state index contributed by atoms with van der Waals surface area (Å²) in [6.07, 6.45) is 7.64. The fourth-order valence-corrected chi connectivity index (χ4v) is 7.17. The van der Waals surface area contributed by atoms with Crippen LogP contribution in [0.3, 0.4) is 0 Å². The van der Waals surface area contributed by atoms with Crippen molar-refractivity contribution in [3.8, 4) is 11.3 Å². The largest absolute Gasteiger partial charge is 0.365 e. The van der Waals surface area contributed by atoms with E-state index in [1.807, 2.05) is 23.0 Å². The molecule has 0 bridgehead atoms. The van der Waals surface area contributed by atoms with Crippen molar-refractivity contribution in [3.05, 3.63) is 24.7 Å². The summed E-state index contributed by atoms with van der Waals surface area (Å²) in [5.74, 6) is 1.53. The number of aromatic nitrogens is 5. The molecule has 5 rings (SSSR count). The number of sulfonamides is 1. The second-order valence-electron chi connectivity index (χ2n) is 13.1. The van der Waals surface area contributed by atoms with Crippen molar-refractivity contribution in [3.63, 3.8) is 0 Å². The van der Waals surface area contributed by atoms with Gasteiger partial charge in [-0.05, 0) is 31.5 Å². The second kappa shape index (κ2) is 12.5. The van der Waals surface area contributed by atoms with E-state index in [9.17, 15) is 8.42 Å². The van der Waals surface area contributed by atoms with Gasteiger partial charge in [0.2, 0.25) is 16.0 Å². The molecule has 0 saturated carbocycles. The zero-order valence-electron chi connectivity index (χ0n) is 25.7. The first-order chi connectivity index (χ1) is 19.9. The first-order valence-electron chi connectivity index (χ1n) is 14.8. The molecular weight excluding hydrogens is 571 g/mol. The smallest absolute Gasteiger partial charge is 0.227 e. The third kappa shape index (κ3) is 7.64. The highest BCUT2D eigenvalue weighted by molar-refractivity contribution is 7.88. The van der Waals surface area contributed by atoms with Gasteiger partial charge in [-0.3, -0.25) is 0 Å². The number of fused-ring (bicyclic) bond motifs is 1. The minimum absolute atomic E-state index is 0.0939. The topological polar surface area (TPSA) is 122 Å². The lowest BCUT2D eigenvalue weighted by Crippen LogP contribution is -2.48. The Kier molecular flexibility index (Phi) is 9.18. The predicted molar refractivity (Wildman–Crippen MR) is 170 cm³/mol. The maximum atomic E-state index is 12.4. The Bertz CT molecular complexity index is 1490. The minimum atomic E-state index is -3.30. The molecule has 3 aromatic heterocycles. The van der Waals surface area contributed by atoms with Crippen molar-refractivity contribution in [1.82, 2.24) is 33.7 Å². The number of nitrogens with one attached hydrogen (secondary N) is 1. The average Bonchev–Trinajstić information content (AvgIpc) is 3.32. The summed E-state index contributed by atoms with van der Waals surface area (Å²) in [5, 5.41) is 3.58. The molecule has 2 aliphatic heterocycles. The maximum Gasteiger partial charge on any atom is 0.227 e. The lowest BCUT2D eigenvalue weighted by molar-refractivity contribution is 0.0899. The highest BCUT2D eigenvalue weighted by Crippen LogP contribution is 2.30. The molecule has 2 atom stereocenters. The van der Waals surface area contributed by atoms with Gasteiger partial charge in [-0.2, -0.15) is 9.29 Å². The number of likely N-dealkylation sites (N-methyl/N-ethyl adjacent to an activating group) is 1. The van der Waals surface area contributed by atoms with Gasteiger partial charge < -0.3 is 24.4 Å². The summed E-state index contributed by atoms with van der Waals surface area (Å²) in [5.41, 5.74) is 2.94. The summed E-state index contributed by atoms with van der Waals surface area (Å²) in [4.78, 5) is 23.9. The molecular formula is C28H45N9O3SSi. The van der Waals surface area contributed by atoms with Crippen LogP contribution in [0.4, 0.5) is 11.8 Å². The SMILES string of the molecule is C[C@H]1C[C@H](Nc2nc(N3CCN(C)CC3)ncc2-c2cnc3c(ccn3COCC[Si](C)(C)C)n2)CN(S(C)(=O)=O)C1. The Labute approximate surface area is 250 Å². The second-order valence-corrected chi connectivity index (χ2v) is 20.7. The van der Waals surface area contributed by atoms with Crippen molar-refractivity contribution in [2.24, 2.45) is 5.92 Å². The lowest BCUT2D eigenvalue weighted by atomic mass is 9.97. The molecule has 2 fully saturated rings. The summed E-state index contributed by atoms with van der Waals surface area (Å²) in [7, 11) is -2.33. The van der Waals surface area contributed by atoms with Crippen LogP contribution in [0.1, 0.15) is 13.3 Å². The molecule has 0 aliphatic carbocycles. The molecule has 0 unspecified atom stereocenters. The highest BCUT2D eigenvalue weighted by atomic mass is 32.2. The summed E-state index contributed by atoms with van der Waals surface area (Å²) < 4.78 is 34.3. The van der Waals surface area contributed by atoms with Gasteiger partial charge in [-0.1, -0.05) is 26.6 Å². The Morgan fingerprint density at radius 2 is 1.83 bits per heavy atom. The van der Waals surface area contributed by atoms with E-state index in [1.165, 1.54) is 6.26 Å². The van der Waals surface area contributed by atoms with Gasteiger partial charge in [0.1, 0.15) is 18.1 Å². The lowest BCUT2D eigenvalue weighted by Gasteiger charge is -2.36. The average molecular weight is 616 g/mol. The van der Waals surface area contributed by atoms with Crippen molar-refractivity contribution in [2.75, 3.05) is 69.4 Å². The van der Waals surface area contributed by atoms with Crippen LogP contribution in [-0.4, -0.2) is 115 Å². The van der Waals surface area contributed by atoms with Gasteiger partial charge >= 0.3 is 0 Å². The minimum Gasteiger partial charge on any atom is -0.365 e. The van der Waals surface area contributed by atoms with E-state index in [0.717, 1.165) is 62.0 Å². The van der Waals surface area contributed by atoms with Crippen molar-refractivity contribution in [2.45, 2.75) is 51.8 Å². The predicted octanol–water partition coefficient (Wildman–Crippen LogP) is 3.03. The number of ether oxygens (including phenoxy) is 1. The molecule has 42 heavy (non-hydrogen) atoms. The Balaban J connectivity index is 1.42. The van der Waals surface area contributed by atoms with Crippen LogP contribution in [0, 0.1) is 5.92 Å². The molecule has 1 N–H and O–H groups in total. The van der Waals surface area contributed by atoms with Gasteiger partial charge in [-0.15, -0.1) is 0 Å². The molecule has 3 aromatic rings.